The molecule has 7 heteroatoms. The van der Waals surface area contributed by atoms with Crippen molar-refractivity contribution in [3.8, 4) is 40.9 Å². The van der Waals surface area contributed by atoms with Crippen LogP contribution in [0.2, 0.25) is 0 Å². The zero-order chi connectivity index (χ0) is 34.0. The second-order valence-corrected chi connectivity index (χ2v) is 11.5. The maximum Gasteiger partial charge on any atom is 0.260 e. The number of nitrogens with zero attached hydrogens (tertiary/aromatic N) is 3. The highest BCUT2D eigenvalue weighted by Gasteiger charge is 2.52. The van der Waals surface area contributed by atoms with E-state index in [0.29, 0.717) is 45.4 Å². The van der Waals surface area contributed by atoms with Crippen LogP contribution in [0.15, 0.2) is 140 Å². The van der Waals surface area contributed by atoms with Gasteiger partial charge < -0.3 is 14.2 Å². The van der Waals surface area contributed by atoms with Crippen LogP contribution in [0.25, 0.3) is 0 Å². The Bertz CT molecular complexity index is 2270. The fourth-order valence-electron chi connectivity index (χ4n) is 6.43. The molecule has 1 atom stereocenters. The Kier molecular flexibility index (Phi) is 8.02. The minimum atomic E-state index is -1.04. The number of amides is 1. The van der Waals surface area contributed by atoms with Gasteiger partial charge in [0.15, 0.2) is 0 Å². The number of aryl methyl sites for hydroxylation is 1. The molecule has 236 valence electrons. The number of fused-ring (bicyclic) bond motifs is 1. The van der Waals surface area contributed by atoms with E-state index in [1.807, 2.05) is 127 Å². The van der Waals surface area contributed by atoms with Gasteiger partial charge in [-0.1, -0.05) is 66.7 Å². The molecule has 0 aromatic heterocycles. The van der Waals surface area contributed by atoms with Gasteiger partial charge in [-0.2, -0.15) is 10.5 Å². The minimum Gasteiger partial charge on any atom is -0.495 e. The number of rotatable bonds is 8. The third kappa shape index (κ3) is 5.40. The summed E-state index contributed by atoms with van der Waals surface area (Å²) in [6.45, 7) is 1.89. The third-order valence-corrected chi connectivity index (χ3v) is 8.74. The fourth-order valence-corrected chi connectivity index (χ4v) is 6.43. The van der Waals surface area contributed by atoms with Crippen LogP contribution in [0.5, 0.6) is 28.7 Å². The molecule has 0 spiro atoms. The molecule has 1 amide bonds. The summed E-state index contributed by atoms with van der Waals surface area (Å²) in [6, 6.07) is 47.6. The molecule has 0 saturated carbocycles. The Balaban J connectivity index is 1.34. The lowest BCUT2D eigenvalue weighted by Gasteiger charge is -2.40. The Morgan fingerprint density at radius 3 is 1.73 bits per heavy atom. The van der Waals surface area contributed by atoms with Gasteiger partial charge in [0.2, 0.25) is 0 Å². The Morgan fingerprint density at radius 2 is 1.14 bits per heavy atom. The van der Waals surface area contributed by atoms with Crippen molar-refractivity contribution >= 4 is 11.6 Å². The molecule has 0 N–H and O–H groups in total. The van der Waals surface area contributed by atoms with Crippen LogP contribution < -0.4 is 19.1 Å². The second-order valence-electron chi connectivity index (χ2n) is 11.5. The number of carbonyl (C=O) groups excluding carboxylic acids is 1. The molecule has 7 rings (SSSR count). The predicted octanol–water partition coefficient (Wildman–Crippen LogP) is 9.28. The first-order valence-electron chi connectivity index (χ1n) is 15.6. The van der Waals surface area contributed by atoms with E-state index < -0.39 is 5.54 Å². The highest BCUT2D eigenvalue weighted by Crippen LogP contribution is 2.51. The first-order valence-corrected chi connectivity index (χ1v) is 15.6. The number of methoxy groups -OCH3 is 1. The van der Waals surface area contributed by atoms with Gasteiger partial charge in [0.25, 0.3) is 5.91 Å². The van der Waals surface area contributed by atoms with Crippen LogP contribution >= 0.6 is 0 Å². The average Bonchev–Trinajstić information content (AvgIpc) is 3.42. The molecule has 1 aliphatic heterocycles. The van der Waals surface area contributed by atoms with E-state index in [-0.39, 0.29) is 5.91 Å². The highest BCUT2D eigenvalue weighted by molar-refractivity contribution is 6.13. The molecule has 0 fully saturated rings. The summed E-state index contributed by atoms with van der Waals surface area (Å²) in [6.07, 6.45) is 0. The molecule has 0 bridgehead atoms. The van der Waals surface area contributed by atoms with Crippen molar-refractivity contribution in [1.29, 1.82) is 10.5 Å². The van der Waals surface area contributed by atoms with E-state index >= 15 is 0 Å². The number of ether oxygens (including phenoxy) is 3. The molecular weight excluding hydrogens is 610 g/mol. The summed E-state index contributed by atoms with van der Waals surface area (Å²) in [4.78, 5) is 16.2. The SMILES string of the molecule is COc1ccc(Oc2ccc(C3(c4ccc(Oc5ccc(C)c(C#N)c5)cc4)c4ccccc4C(=O)N3c3ccccc3)cc2)cc1C#N. The highest BCUT2D eigenvalue weighted by atomic mass is 16.5. The Hall–Kier alpha value is -6.83. The van der Waals surface area contributed by atoms with Crippen LogP contribution in [-0.4, -0.2) is 13.0 Å². The molecule has 6 aromatic rings. The van der Waals surface area contributed by atoms with Crippen LogP contribution in [0.1, 0.15) is 43.7 Å². The quantitative estimate of drug-likeness (QED) is 0.165. The zero-order valence-electron chi connectivity index (χ0n) is 26.8. The molecule has 1 heterocycles. The molecule has 6 aromatic carbocycles. The lowest BCUT2D eigenvalue weighted by Crippen LogP contribution is -2.46. The first kappa shape index (κ1) is 30.8. The second kappa shape index (κ2) is 12.8. The summed E-state index contributed by atoms with van der Waals surface area (Å²) in [5, 5.41) is 19.0. The number of anilines is 1. The van der Waals surface area contributed by atoms with Crippen molar-refractivity contribution in [2.45, 2.75) is 12.5 Å². The van der Waals surface area contributed by atoms with Gasteiger partial charge in [-0.05, 0) is 95.9 Å². The number of para-hydroxylation sites is 1. The van der Waals surface area contributed by atoms with E-state index in [1.54, 1.807) is 24.3 Å². The topological polar surface area (TPSA) is 95.6 Å². The molecule has 1 aliphatic rings. The lowest BCUT2D eigenvalue weighted by atomic mass is 9.76. The van der Waals surface area contributed by atoms with Gasteiger partial charge in [0.1, 0.15) is 40.4 Å². The van der Waals surface area contributed by atoms with Crippen LogP contribution in [0.4, 0.5) is 5.69 Å². The Morgan fingerprint density at radius 1 is 0.612 bits per heavy atom. The maximum absolute atomic E-state index is 14.4. The number of carbonyl (C=O) groups is 1. The van der Waals surface area contributed by atoms with E-state index in [2.05, 4.69) is 12.1 Å². The monoisotopic (exact) mass is 639 g/mol. The van der Waals surface area contributed by atoms with Gasteiger partial charge in [0, 0.05) is 17.3 Å². The largest absolute Gasteiger partial charge is 0.495 e. The molecule has 49 heavy (non-hydrogen) atoms. The van der Waals surface area contributed by atoms with Crippen molar-refractivity contribution in [2.24, 2.45) is 0 Å². The van der Waals surface area contributed by atoms with Gasteiger partial charge in [-0.3, -0.25) is 9.69 Å². The van der Waals surface area contributed by atoms with Gasteiger partial charge in [-0.15, -0.1) is 0 Å². The molecule has 0 aliphatic carbocycles. The summed E-state index contributed by atoms with van der Waals surface area (Å²) in [5.41, 5.74) is 4.66. The molecule has 7 nitrogen and oxygen atoms in total. The van der Waals surface area contributed by atoms with Crippen molar-refractivity contribution in [3.05, 3.63) is 178 Å². The predicted molar refractivity (Wildman–Crippen MR) is 186 cm³/mol. The summed E-state index contributed by atoms with van der Waals surface area (Å²) in [5.74, 6) is 2.57. The summed E-state index contributed by atoms with van der Waals surface area (Å²) < 4.78 is 17.6. The van der Waals surface area contributed by atoms with E-state index in [0.717, 1.165) is 27.9 Å². The zero-order valence-corrected chi connectivity index (χ0v) is 26.8. The fraction of sp³-hybridized carbons (Fsp3) is 0.0714. The van der Waals surface area contributed by atoms with Crippen molar-refractivity contribution in [1.82, 2.24) is 0 Å². The van der Waals surface area contributed by atoms with Crippen molar-refractivity contribution in [3.63, 3.8) is 0 Å². The Labute approximate surface area is 284 Å². The lowest BCUT2D eigenvalue weighted by molar-refractivity contribution is 0.0986. The normalized spacial score (nSPS) is 14.8. The molecule has 0 saturated heterocycles. The number of hydrogen-bond acceptors (Lipinski definition) is 6. The van der Waals surface area contributed by atoms with Gasteiger partial charge in [0.05, 0.1) is 24.3 Å². The van der Waals surface area contributed by atoms with Crippen LogP contribution in [0.3, 0.4) is 0 Å². The first-order chi connectivity index (χ1) is 24.0. The molecule has 1 unspecified atom stereocenters. The molecule has 0 radical (unpaired) electrons. The van der Waals surface area contributed by atoms with E-state index in [4.69, 9.17) is 14.2 Å². The van der Waals surface area contributed by atoms with Crippen LogP contribution in [-0.2, 0) is 5.54 Å². The summed E-state index contributed by atoms with van der Waals surface area (Å²) >= 11 is 0. The van der Waals surface area contributed by atoms with Crippen LogP contribution in [0, 0.1) is 29.6 Å². The number of hydrogen-bond donors (Lipinski definition) is 0. The average molecular weight is 640 g/mol. The van der Waals surface area contributed by atoms with Crippen molar-refractivity contribution < 1.29 is 19.0 Å². The van der Waals surface area contributed by atoms with E-state index in [1.165, 1.54) is 7.11 Å². The molecular formula is C42H29N3O4. The smallest absolute Gasteiger partial charge is 0.260 e. The van der Waals surface area contributed by atoms with Crippen molar-refractivity contribution in [2.75, 3.05) is 12.0 Å². The maximum atomic E-state index is 14.4. The van der Waals surface area contributed by atoms with Gasteiger partial charge in [-0.25, -0.2) is 0 Å². The standard InChI is InChI=1S/C42H29N3O4/c1-28-12-17-36(24-29(28)26-43)48-34-18-13-31(14-19-34)42(39-11-7-6-10-38(39)41(46)45(42)33-8-4-3-5-9-33)32-15-20-35(21-16-32)49-37-22-23-40(47-2)30(25-37)27-44/h3-25H,1-2H3. The minimum absolute atomic E-state index is 0.117. The number of benzene rings is 6. The summed E-state index contributed by atoms with van der Waals surface area (Å²) in [7, 11) is 1.52. The van der Waals surface area contributed by atoms with E-state index in [9.17, 15) is 15.3 Å². The van der Waals surface area contributed by atoms with Gasteiger partial charge >= 0.3 is 0 Å². The number of nitriles is 2. The third-order valence-electron chi connectivity index (χ3n) is 8.74.